The number of carboxylic acid groups (broad SMARTS) is 1. The van der Waals surface area contributed by atoms with Gasteiger partial charge in [-0.05, 0) is 43.2 Å². The Labute approximate surface area is 129 Å². The van der Waals surface area contributed by atoms with Crippen LogP contribution in [0.25, 0.3) is 0 Å². The Bertz CT molecular complexity index is 709. The lowest BCUT2D eigenvalue weighted by molar-refractivity contribution is 0.0692. The van der Waals surface area contributed by atoms with Crippen molar-refractivity contribution in [2.45, 2.75) is 13.8 Å². The Morgan fingerprint density at radius 2 is 1.81 bits per heavy atom. The van der Waals surface area contributed by atoms with Crippen molar-refractivity contribution in [1.82, 2.24) is 0 Å². The number of hydrogen-bond acceptors (Lipinski definition) is 3. The van der Waals surface area contributed by atoms with E-state index < -0.39 is 17.3 Å². The van der Waals surface area contributed by atoms with Crippen LogP contribution in [-0.2, 0) is 0 Å². The van der Waals surface area contributed by atoms with Crippen LogP contribution < -0.4 is 11.1 Å². The molecule has 21 heavy (non-hydrogen) atoms. The van der Waals surface area contributed by atoms with E-state index in [4.69, 9.17) is 10.8 Å². The lowest BCUT2D eigenvalue weighted by Crippen LogP contribution is -2.06. The SMILES string of the molecule is Cc1cc(Br)cc(C)c1Nc1cc(F)c(C(=O)O)cc1N. The molecule has 2 rings (SSSR count). The number of benzene rings is 2. The molecule has 0 aliphatic heterocycles. The zero-order valence-corrected chi connectivity index (χ0v) is 13.1. The van der Waals surface area contributed by atoms with Gasteiger partial charge < -0.3 is 16.2 Å². The number of hydrogen-bond donors (Lipinski definition) is 3. The summed E-state index contributed by atoms with van der Waals surface area (Å²) in [4.78, 5) is 10.9. The van der Waals surface area contributed by atoms with Gasteiger partial charge in [-0.1, -0.05) is 15.9 Å². The van der Waals surface area contributed by atoms with Crippen LogP contribution in [0, 0.1) is 19.7 Å². The minimum atomic E-state index is -1.35. The number of halogens is 2. The number of nitrogens with one attached hydrogen (secondary N) is 1. The molecule has 0 aliphatic carbocycles. The molecule has 0 fully saturated rings. The van der Waals surface area contributed by atoms with E-state index in [1.54, 1.807) is 0 Å². The van der Waals surface area contributed by atoms with Gasteiger partial charge in [0.05, 0.1) is 16.9 Å². The molecule has 0 aliphatic rings. The Kier molecular flexibility index (Phi) is 4.18. The van der Waals surface area contributed by atoms with Crippen molar-refractivity contribution < 1.29 is 14.3 Å². The van der Waals surface area contributed by atoms with Gasteiger partial charge in [-0.25, -0.2) is 9.18 Å². The summed E-state index contributed by atoms with van der Waals surface area (Å²) in [6, 6.07) is 6.06. The number of nitrogen functional groups attached to an aromatic ring is 1. The maximum atomic E-state index is 13.8. The fraction of sp³-hybridized carbons (Fsp3) is 0.133. The zero-order chi connectivity index (χ0) is 15.7. The van der Waals surface area contributed by atoms with E-state index in [0.29, 0.717) is 5.69 Å². The quantitative estimate of drug-likeness (QED) is 0.722. The lowest BCUT2D eigenvalue weighted by Gasteiger charge is -2.15. The third kappa shape index (κ3) is 3.16. The van der Waals surface area contributed by atoms with Gasteiger partial charge in [-0.2, -0.15) is 0 Å². The van der Waals surface area contributed by atoms with E-state index in [1.165, 1.54) is 0 Å². The van der Waals surface area contributed by atoms with Crippen molar-refractivity contribution in [3.63, 3.8) is 0 Å². The lowest BCUT2D eigenvalue weighted by atomic mass is 10.1. The fourth-order valence-corrected chi connectivity index (χ4v) is 2.79. The standard InChI is InChI=1S/C15H14BrFN2O2/c1-7-3-9(16)4-8(2)14(7)19-13-6-11(17)10(15(20)21)5-12(13)18/h3-6,19H,18H2,1-2H3,(H,20,21). The van der Waals surface area contributed by atoms with Crippen LogP contribution in [0.3, 0.4) is 0 Å². The van der Waals surface area contributed by atoms with E-state index in [0.717, 1.165) is 33.4 Å². The molecular formula is C15H14BrFN2O2. The summed E-state index contributed by atoms with van der Waals surface area (Å²) in [7, 11) is 0. The van der Waals surface area contributed by atoms with E-state index in [1.807, 2.05) is 26.0 Å². The molecule has 6 heteroatoms. The highest BCUT2D eigenvalue weighted by molar-refractivity contribution is 9.10. The number of carbonyl (C=O) groups is 1. The van der Waals surface area contributed by atoms with Crippen molar-refractivity contribution in [3.05, 3.63) is 51.2 Å². The average Bonchev–Trinajstić information content (AvgIpc) is 2.36. The highest BCUT2D eigenvalue weighted by atomic mass is 79.9. The first kappa shape index (κ1) is 15.3. The number of rotatable bonds is 3. The highest BCUT2D eigenvalue weighted by Crippen LogP contribution is 2.31. The Hall–Kier alpha value is -2.08. The summed E-state index contributed by atoms with van der Waals surface area (Å²) in [5.41, 5.74) is 8.61. The molecule has 0 unspecified atom stereocenters. The summed E-state index contributed by atoms with van der Waals surface area (Å²) in [6.07, 6.45) is 0. The van der Waals surface area contributed by atoms with E-state index in [2.05, 4.69) is 21.2 Å². The van der Waals surface area contributed by atoms with E-state index in [9.17, 15) is 9.18 Å². The van der Waals surface area contributed by atoms with Gasteiger partial charge >= 0.3 is 5.97 Å². The van der Waals surface area contributed by atoms with Crippen LogP contribution >= 0.6 is 15.9 Å². The van der Waals surface area contributed by atoms with Crippen molar-refractivity contribution >= 4 is 39.0 Å². The maximum Gasteiger partial charge on any atom is 0.338 e. The molecule has 0 bridgehead atoms. The molecule has 0 saturated carbocycles. The minimum absolute atomic E-state index is 0.176. The molecule has 4 N–H and O–H groups in total. The van der Waals surface area contributed by atoms with Gasteiger partial charge in [-0.15, -0.1) is 0 Å². The summed E-state index contributed by atoms with van der Waals surface area (Å²) < 4.78 is 14.7. The summed E-state index contributed by atoms with van der Waals surface area (Å²) in [6.45, 7) is 3.83. The molecule has 0 heterocycles. The van der Waals surface area contributed by atoms with Gasteiger partial charge in [0, 0.05) is 16.2 Å². The van der Waals surface area contributed by atoms with Gasteiger partial charge in [0.25, 0.3) is 0 Å². The number of anilines is 3. The molecule has 0 atom stereocenters. The first-order chi connectivity index (χ1) is 9.79. The number of carboxylic acids is 1. The number of nitrogens with two attached hydrogens (primary N) is 1. The van der Waals surface area contributed by atoms with Crippen LogP contribution in [0.15, 0.2) is 28.7 Å². The van der Waals surface area contributed by atoms with E-state index >= 15 is 0 Å². The van der Waals surface area contributed by atoms with Crippen LogP contribution in [0.2, 0.25) is 0 Å². The van der Waals surface area contributed by atoms with Crippen molar-refractivity contribution in [2.75, 3.05) is 11.1 Å². The Morgan fingerprint density at radius 1 is 1.24 bits per heavy atom. The van der Waals surface area contributed by atoms with Gasteiger partial charge in [0.15, 0.2) is 0 Å². The van der Waals surface area contributed by atoms with Crippen molar-refractivity contribution in [1.29, 1.82) is 0 Å². The largest absolute Gasteiger partial charge is 0.478 e. The van der Waals surface area contributed by atoms with Crippen LogP contribution in [0.4, 0.5) is 21.5 Å². The molecular weight excluding hydrogens is 339 g/mol. The summed E-state index contributed by atoms with van der Waals surface area (Å²) in [5.74, 6) is -2.17. The predicted molar refractivity (Wildman–Crippen MR) is 84.7 cm³/mol. The normalized spacial score (nSPS) is 10.5. The number of aryl methyl sites for hydroxylation is 2. The second kappa shape index (κ2) is 5.73. The number of aromatic carboxylic acids is 1. The minimum Gasteiger partial charge on any atom is -0.478 e. The fourth-order valence-electron chi connectivity index (χ4n) is 2.10. The molecule has 0 saturated heterocycles. The molecule has 4 nitrogen and oxygen atoms in total. The molecule has 2 aromatic rings. The predicted octanol–water partition coefficient (Wildman–Crippen LogP) is 4.23. The average molecular weight is 353 g/mol. The van der Waals surface area contributed by atoms with E-state index in [-0.39, 0.29) is 5.69 Å². The topological polar surface area (TPSA) is 75.3 Å². The van der Waals surface area contributed by atoms with Crippen molar-refractivity contribution in [2.24, 2.45) is 0 Å². The maximum absolute atomic E-state index is 13.8. The molecule has 0 radical (unpaired) electrons. The summed E-state index contributed by atoms with van der Waals surface area (Å²) in [5, 5.41) is 11.9. The van der Waals surface area contributed by atoms with Gasteiger partial charge in [0.2, 0.25) is 0 Å². The molecule has 0 amide bonds. The summed E-state index contributed by atoms with van der Waals surface area (Å²) >= 11 is 3.41. The van der Waals surface area contributed by atoms with Crippen LogP contribution in [-0.4, -0.2) is 11.1 Å². The van der Waals surface area contributed by atoms with Crippen LogP contribution in [0.1, 0.15) is 21.5 Å². The second-order valence-electron chi connectivity index (χ2n) is 4.76. The first-order valence-electron chi connectivity index (χ1n) is 6.15. The monoisotopic (exact) mass is 352 g/mol. The smallest absolute Gasteiger partial charge is 0.338 e. The third-order valence-electron chi connectivity index (χ3n) is 3.13. The molecule has 0 spiro atoms. The Balaban J connectivity index is 2.46. The Morgan fingerprint density at radius 3 is 2.33 bits per heavy atom. The van der Waals surface area contributed by atoms with Gasteiger partial charge in [0.1, 0.15) is 5.82 Å². The molecule has 0 aromatic heterocycles. The second-order valence-corrected chi connectivity index (χ2v) is 5.68. The highest BCUT2D eigenvalue weighted by Gasteiger charge is 2.15. The van der Waals surface area contributed by atoms with Crippen LogP contribution in [0.5, 0.6) is 0 Å². The molecule has 110 valence electrons. The van der Waals surface area contributed by atoms with Gasteiger partial charge in [-0.3, -0.25) is 0 Å². The van der Waals surface area contributed by atoms with Crippen molar-refractivity contribution in [3.8, 4) is 0 Å². The molecule has 2 aromatic carbocycles. The first-order valence-corrected chi connectivity index (χ1v) is 6.95. The zero-order valence-electron chi connectivity index (χ0n) is 11.5. The third-order valence-corrected chi connectivity index (χ3v) is 3.58.